The Balaban J connectivity index is 1.92. The summed E-state index contributed by atoms with van der Waals surface area (Å²) in [6, 6.07) is 2.99. The van der Waals surface area contributed by atoms with Crippen molar-refractivity contribution in [3.63, 3.8) is 0 Å². The number of nitrogens with one attached hydrogen (secondary N) is 1. The maximum atomic E-state index is 14.0. The number of aryl methyl sites for hydroxylation is 1. The summed E-state index contributed by atoms with van der Waals surface area (Å²) >= 11 is 0. The zero-order chi connectivity index (χ0) is 19.4. The number of pyridine rings is 2. The molecule has 1 fully saturated rings. The van der Waals surface area contributed by atoms with Crippen LogP contribution in [0.1, 0.15) is 23.7 Å². The number of rotatable bonds is 6. The van der Waals surface area contributed by atoms with E-state index < -0.39 is 12.5 Å². The highest BCUT2D eigenvalue weighted by Gasteiger charge is 2.18. The predicted molar refractivity (Wildman–Crippen MR) is 102 cm³/mol. The van der Waals surface area contributed by atoms with Crippen LogP contribution in [0.5, 0.6) is 0 Å². The molecule has 0 aliphatic carbocycles. The van der Waals surface area contributed by atoms with E-state index in [1.54, 1.807) is 12.3 Å². The first-order valence-electron chi connectivity index (χ1n) is 8.82. The third-order valence-corrected chi connectivity index (χ3v) is 4.39. The Morgan fingerprint density at radius 3 is 2.74 bits per heavy atom. The minimum Gasteiger partial charge on any atom is -0.399 e. The molecule has 0 bridgehead atoms. The van der Waals surface area contributed by atoms with Gasteiger partial charge in [0.15, 0.2) is 0 Å². The van der Waals surface area contributed by atoms with E-state index in [0.29, 0.717) is 66.9 Å². The number of ether oxygens (including phenoxy) is 1. The summed E-state index contributed by atoms with van der Waals surface area (Å²) in [5.74, 6) is 0.539. The van der Waals surface area contributed by atoms with Crippen LogP contribution in [0.2, 0.25) is 0 Å². The number of nitrogens with zero attached hydrogens (tertiary/aromatic N) is 3. The zero-order valence-electron chi connectivity index (χ0n) is 15.3. The second-order valence-corrected chi connectivity index (χ2v) is 6.26. The van der Waals surface area contributed by atoms with Gasteiger partial charge in [-0.3, -0.25) is 0 Å². The van der Waals surface area contributed by atoms with Crippen LogP contribution >= 0.6 is 0 Å². The molecule has 0 amide bonds. The molecule has 0 radical (unpaired) electrons. The third kappa shape index (κ3) is 4.16. The maximum absolute atomic E-state index is 14.0. The quantitative estimate of drug-likeness (QED) is 0.808. The number of morpholine rings is 1. The van der Waals surface area contributed by atoms with E-state index in [9.17, 15) is 8.78 Å². The normalized spacial score (nSPS) is 14.3. The van der Waals surface area contributed by atoms with E-state index in [0.717, 1.165) is 0 Å². The van der Waals surface area contributed by atoms with Crippen molar-refractivity contribution in [3.05, 3.63) is 47.5 Å². The number of halogens is 2. The molecule has 0 spiro atoms. The molecule has 1 aliphatic heterocycles. The molecule has 3 N–H and O–H groups in total. The largest absolute Gasteiger partial charge is 0.399 e. The Kier molecular flexibility index (Phi) is 5.85. The molecule has 0 atom stereocenters. The molecule has 144 valence electrons. The summed E-state index contributed by atoms with van der Waals surface area (Å²) in [7, 11) is 0. The molecule has 2 aromatic rings. The summed E-state index contributed by atoms with van der Waals surface area (Å²) in [5, 5.41) is 3.07. The van der Waals surface area contributed by atoms with Gasteiger partial charge >= 0.3 is 0 Å². The first kappa shape index (κ1) is 19.0. The molecular weight excluding hydrogens is 352 g/mol. The number of nitrogens with two attached hydrogens (primary N) is 1. The maximum Gasteiger partial charge on any atom is 0.145 e. The van der Waals surface area contributed by atoms with Crippen molar-refractivity contribution in [2.75, 3.05) is 36.5 Å². The van der Waals surface area contributed by atoms with Gasteiger partial charge in [-0.25, -0.2) is 18.7 Å². The van der Waals surface area contributed by atoms with Crippen LogP contribution in [-0.4, -0.2) is 36.3 Å². The van der Waals surface area contributed by atoms with Crippen molar-refractivity contribution >= 4 is 23.0 Å². The highest BCUT2D eigenvalue weighted by atomic mass is 19.1. The van der Waals surface area contributed by atoms with E-state index >= 15 is 0 Å². The van der Waals surface area contributed by atoms with Crippen LogP contribution in [0.15, 0.2) is 24.9 Å². The van der Waals surface area contributed by atoms with Gasteiger partial charge in [0.05, 0.1) is 30.8 Å². The van der Waals surface area contributed by atoms with Gasteiger partial charge in [0.1, 0.15) is 24.1 Å². The summed E-state index contributed by atoms with van der Waals surface area (Å²) in [6.07, 6.45) is 2.03. The average Bonchev–Trinajstić information content (AvgIpc) is 2.69. The number of hydrogen-bond donors (Lipinski definition) is 2. The Morgan fingerprint density at radius 1 is 1.37 bits per heavy atom. The van der Waals surface area contributed by atoms with E-state index in [2.05, 4.69) is 21.9 Å². The lowest BCUT2D eigenvalue weighted by Crippen LogP contribution is -2.37. The van der Waals surface area contributed by atoms with Gasteiger partial charge in [-0.2, -0.15) is 0 Å². The molecule has 0 saturated carbocycles. The summed E-state index contributed by atoms with van der Waals surface area (Å²) in [6.45, 7) is 7.36. The molecule has 3 rings (SSSR count). The molecule has 2 aromatic heterocycles. The number of hydrogen-bond acceptors (Lipinski definition) is 6. The van der Waals surface area contributed by atoms with Crippen molar-refractivity contribution in [1.82, 2.24) is 9.97 Å². The standard InChI is InChI=1S/C19H23F2N5O/c1-3-17-16(21)9-15(12(2)22)18(25-17)24-14-8-13(10-20)19(23-11-14)26-4-6-27-7-5-26/h8-9,11H,2-7,10,22H2,1H3,(H,24,25). The van der Waals surface area contributed by atoms with Gasteiger partial charge in [-0.05, 0) is 18.6 Å². The number of alkyl halides is 1. The smallest absolute Gasteiger partial charge is 0.145 e. The van der Waals surface area contributed by atoms with Gasteiger partial charge < -0.3 is 20.7 Å². The molecule has 3 heterocycles. The molecule has 1 aliphatic rings. The van der Waals surface area contributed by atoms with Crippen molar-refractivity contribution < 1.29 is 13.5 Å². The zero-order valence-corrected chi connectivity index (χ0v) is 15.3. The van der Waals surface area contributed by atoms with Crippen LogP contribution in [0, 0.1) is 5.82 Å². The molecule has 8 heteroatoms. The Bertz CT molecular complexity index is 837. The van der Waals surface area contributed by atoms with E-state index in [4.69, 9.17) is 10.5 Å². The topological polar surface area (TPSA) is 76.3 Å². The van der Waals surface area contributed by atoms with E-state index in [-0.39, 0.29) is 5.70 Å². The monoisotopic (exact) mass is 375 g/mol. The third-order valence-electron chi connectivity index (χ3n) is 4.39. The SMILES string of the molecule is C=C(N)c1cc(F)c(CC)nc1Nc1cnc(N2CCOCC2)c(CF)c1. The summed E-state index contributed by atoms with van der Waals surface area (Å²) in [5.41, 5.74) is 7.65. The minimum atomic E-state index is -0.650. The summed E-state index contributed by atoms with van der Waals surface area (Å²) in [4.78, 5) is 10.7. The van der Waals surface area contributed by atoms with Crippen LogP contribution < -0.4 is 16.0 Å². The summed E-state index contributed by atoms with van der Waals surface area (Å²) < 4.78 is 33.0. The van der Waals surface area contributed by atoms with Crippen molar-refractivity contribution in [2.24, 2.45) is 5.73 Å². The first-order chi connectivity index (χ1) is 13.0. The Hall–Kier alpha value is -2.74. The number of anilines is 3. The van der Waals surface area contributed by atoms with Crippen LogP contribution in [0.3, 0.4) is 0 Å². The Morgan fingerprint density at radius 2 is 2.11 bits per heavy atom. The fourth-order valence-corrected chi connectivity index (χ4v) is 2.98. The molecule has 27 heavy (non-hydrogen) atoms. The minimum absolute atomic E-state index is 0.190. The average molecular weight is 375 g/mol. The van der Waals surface area contributed by atoms with Gasteiger partial charge in [0.2, 0.25) is 0 Å². The Labute approximate surface area is 157 Å². The molecule has 0 unspecified atom stereocenters. The van der Waals surface area contributed by atoms with Crippen LogP contribution in [-0.2, 0) is 17.8 Å². The van der Waals surface area contributed by atoms with Gasteiger partial charge in [-0.15, -0.1) is 0 Å². The lowest BCUT2D eigenvalue weighted by Gasteiger charge is -2.29. The fraction of sp³-hybridized carbons (Fsp3) is 0.368. The van der Waals surface area contributed by atoms with Gasteiger partial charge in [0.25, 0.3) is 0 Å². The van der Waals surface area contributed by atoms with Crippen molar-refractivity contribution in [1.29, 1.82) is 0 Å². The van der Waals surface area contributed by atoms with Gasteiger partial charge in [-0.1, -0.05) is 13.5 Å². The second kappa shape index (κ2) is 8.30. The lowest BCUT2D eigenvalue weighted by atomic mass is 10.1. The van der Waals surface area contributed by atoms with Crippen LogP contribution in [0.25, 0.3) is 5.70 Å². The molecule has 1 saturated heterocycles. The fourth-order valence-electron chi connectivity index (χ4n) is 2.98. The van der Waals surface area contributed by atoms with E-state index in [1.165, 1.54) is 6.07 Å². The van der Waals surface area contributed by atoms with E-state index in [1.807, 2.05) is 11.8 Å². The molecular formula is C19H23F2N5O. The highest BCUT2D eigenvalue weighted by Crippen LogP contribution is 2.28. The van der Waals surface area contributed by atoms with Crippen molar-refractivity contribution in [2.45, 2.75) is 20.0 Å². The molecule has 6 nitrogen and oxygen atoms in total. The van der Waals surface area contributed by atoms with Crippen LogP contribution in [0.4, 0.5) is 26.1 Å². The number of aromatic nitrogens is 2. The first-order valence-corrected chi connectivity index (χ1v) is 8.82. The van der Waals surface area contributed by atoms with Crippen molar-refractivity contribution in [3.8, 4) is 0 Å². The van der Waals surface area contributed by atoms with Gasteiger partial charge in [0, 0.05) is 29.9 Å². The second-order valence-electron chi connectivity index (χ2n) is 6.26. The molecule has 0 aromatic carbocycles. The highest BCUT2D eigenvalue weighted by molar-refractivity contribution is 5.74. The lowest BCUT2D eigenvalue weighted by molar-refractivity contribution is 0.122. The predicted octanol–water partition coefficient (Wildman–Crippen LogP) is 3.16.